The number of amides is 2. The number of thioether (sulfide) groups is 1. The number of ether oxygens (including phenoxy) is 1. The summed E-state index contributed by atoms with van der Waals surface area (Å²) in [5.74, 6) is 2.51. The van der Waals surface area contributed by atoms with Gasteiger partial charge in [0, 0.05) is 56.6 Å². The van der Waals surface area contributed by atoms with E-state index in [0.29, 0.717) is 13.2 Å². The molecule has 1 heterocycles. The van der Waals surface area contributed by atoms with E-state index in [9.17, 15) is 4.79 Å². The fourth-order valence-corrected chi connectivity index (χ4v) is 3.54. The number of anilines is 1. The van der Waals surface area contributed by atoms with E-state index in [4.69, 9.17) is 4.74 Å². The molecule has 1 aliphatic heterocycles. The summed E-state index contributed by atoms with van der Waals surface area (Å²) in [6.07, 6.45) is 1.89. The smallest absolute Gasteiger partial charge is 0.319 e. The first-order chi connectivity index (χ1) is 11.8. The lowest BCUT2D eigenvalue weighted by Crippen LogP contribution is -2.34. The molecular formula is C18H29N3O2S. The van der Waals surface area contributed by atoms with Crippen molar-refractivity contribution in [2.75, 3.05) is 56.2 Å². The average molecular weight is 352 g/mol. The Morgan fingerprint density at radius 1 is 1.25 bits per heavy atom. The van der Waals surface area contributed by atoms with Crippen molar-refractivity contribution in [3.8, 4) is 0 Å². The van der Waals surface area contributed by atoms with Crippen LogP contribution in [0.4, 0.5) is 10.5 Å². The van der Waals surface area contributed by atoms with Gasteiger partial charge >= 0.3 is 6.03 Å². The van der Waals surface area contributed by atoms with Crippen LogP contribution < -0.4 is 10.6 Å². The van der Waals surface area contributed by atoms with Crippen LogP contribution in [-0.2, 0) is 11.2 Å². The maximum atomic E-state index is 11.8. The summed E-state index contributed by atoms with van der Waals surface area (Å²) < 4.78 is 5.24. The van der Waals surface area contributed by atoms with Gasteiger partial charge < -0.3 is 20.3 Å². The summed E-state index contributed by atoms with van der Waals surface area (Å²) in [4.78, 5) is 14.3. The molecule has 1 fully saturated rings. The van der Waals surface area contributed by atoms with Gasteiger partial charge in [-0.1, -0.05) is 12.1 Å². The van der Waals surface area contributed by atoms with E-state index in [1.807, 2.05) is 30.8 Å². The Balaban J connectivity index is 1.64. The summed E-state index contributed by atoms with van der Waals surface area (Å²) in [5, 5.41) is 5.70. The van der Waals surface area contributed by atoms with Gasteiger partial charge in [-0.15, -0.1) is 0 Å². The predicted octanol–water partition coefficient (Wildman–Crippen LogP) is 2.83. The normalized spacial score (nSPS) is 15.2. The fourth-order valence-electron chi connectivity index (χ4n) is 2.56. The molecule has 0 bridgehead atoms. The third kappa shape index (κ3) is 7.55. The number of hydrogen-bond acceptors (Lipinski definition) is 4. The topological polar surface area (TPSA) is 53.6 Å². The van der Waals surface area contributed by atoms with Gasteiger partial charge in [0.25, 0.3) is 0 Å². The Bertz CT molecular complexity index is 476. The first-order valence-corrected chi connectivity index (χ1v) is 9.95. The molecule has 0 atom stereocenters. The molecular weight excluding hydrogens is 322 g/mol. The molecule has 6 heteroatoms. The quantitative estimate of drug-likeness (QED) is 0.672. The molecule has 1 aliphatic rings. The van der Waals surface area contributed by atoms with Crippen molar-refractivity contribution in [2.24, 2.45) is 0 Å². The van der Waals surface area contributed by atoms with Crippen LogP contribution in [0.15, 0.2) is 24.3 Å². The van der Waals surface area contributed by atoms with Gasteiger partial charge in [0.2, 0.25) is 0 Å². The molecule has 1 aromatic rings. The summed E-state index contributed by atoms with van der Waals surface area (Å²) in [6, 6.07) is 7.99. The van der Waals surface area contributed by atoms with E-state index < -0.39 is 0 Å². The Labute approximate surface area is 149 Å². The van der Waals surface area contributed by atoms with Crippen molar-refractivity contribution in [3.63, 3.8) is 0 Å². The number of carbonyl (C=O) groups is 1. The molecule has 0 radical (unpaired) electrons. The number of urea groups is 1. The third-order valence-corrected chi connectivity index (χ3v) is 4.93. The van der Waals surface area contributed by atoms with Gasteiger partial charge in [-0.3, -0.25) is 0 Å². The number of benzene rings is 1. The zero-order valence-corrected chi connectivity index (χ0v) is 15.4. The van der Waals surface area contributed by atoms with E-state index in [1.54, 1.807) is 0 Å². The fraction of sp³-hybridized carbons (Fsp3) is 0.611. The lowest BCUT2D eigenvalue weighted by atomic mass is 10.1. The molecule has 2 N–H and O–H groups in total. The van der Waals surface area contributed by atoms with Crippen LogP contribution in [0.1, 0.15) is 18.9 Å². The van der Waals surface area contributed by atoms with Crippen molar-refractivity contribution >= 4 is 23.5 Å². The van der Waals surface area contributed by atoms with Crippen molar-refractivity contribution in [1.82, 2.24) is 10.2 Å². The number of hydrogen-bond donors (Lipinski definition) is 2. The highest BCUT2D eigenvalue weighted by Crippen LogP contribution is 2.13. The van der Waals surface area contributed by atoms with Crippen molar-refractivity contribution < 1.29 is 9.53 Å². The minimum Gasteiger partial charge on any atom is -0.382 e. The molecule has 0 unspecified atom stereocenters. The zero-order valence-electron chi connectivity index (χ0n) is 14.6. The van der Waals surface area contributed by atoms with E-state index in [1.165, 1.54) is 30.2 Å². The monoisotopic (exact) mass is 351 g/mol. The molecule has 0 aliphatic carbocycles. The van der Waals surface area contributed by atoms with Gasteiger partial charge in [-0.2, -0.15) is 11.8 Å². The third-order valence-electron chi connectivity index (χ3n) is 3.99. The number of carbonyl (C=O) groups excluding carboxylic acids is 1. The van der Waals surface area contributed by atoms with E-state index >= 15 is 0 Å². The summed E-state index contributed by atoms with van der Waals surface area (Å²) in [5.41, 5.74) is 2.14. The molecule has 134 valence electrons. The van der Waals surface area contributed by atoms with Crippen LogP contribution in [0.3, 0.4) is 0 Å². The standard InChI is InChI=1S/C18H29N3O2S/c1-2-23-13-3-9-19-18(22)20-17-6-4-16(5-7-17)8-10-21-11-14-24-15-12-21/h4-7H,2-3,8-15H2,1H3,(H2,19,20,22). The van der Waals surface area contributed by atoms with Crippen molar-refractivity contribution in [1.29, 1.82) is 0 Å². The zero-order chi connectivity index (χ0) is 17.0. The van der Waals surface area contributed by atoms with Crippen LogP contribution in [0.5, 0.6) is 0 Å². The molecule has 0 saturated carbocycles. The van der Waals surface area contributed by atoms with Gasteiger partial charge in [0.1, 0.15) is 0 Å². The molecule has 0 spiro atoms. The van der Waals surface area contributed by atoms with E-state index in [-0.39, 0.29) is 6.03 Å². The maximum absolute atomic E-state index is 11.8. The molecule has 1 aromatic carbocycles. The second kappa shape index (κ2) is 11.3. The van der Waals surface area contributed by atoms with Crippen LogP contribution >= 0.6 is 11.8 Å². The highest BCUT2D eigenvalue weighted by molar-refractivity contribution is 7.99. The predicted molar refractivity (Wildman–Crippen MR) is 102 cm³/mol. The Kier molecular flexibility index (Phi) is 9.02. The van der Waals surface area contributed by atoms with E-state index in [0.717, 1.165) is 31.7 Å². The van der Waals surface area contributed by atoms with Crippen LogP contribution in [-0.4, -0.2) is 61.8 Å². The summed E-state index contributed by atoms with van der Waals surface area (Å²) >= 11 is 2.04. The number of nitrogens with zero attached hydrogens (tertiary/aromatic N) is 1. The van der Waals surface area contributed by atoms with Gasteiger partial charge in [-0.25, -0.2) is 4.79 Å². The maximum Gasteiger partial charge on any atom is 0.319 e. The minimum absolute atomic E-state index is 0.162. The molecule has 1 saturated heterocycles. The highest BCUT2D eigenvalue weighted by Gasteiger charge is 2.09. The van der Waals surface area contributed by atoms with Crippen LogP contribution in [0.25, 0.3) is 0 Å². The van der Waals surface area contributed by atoms with Gasteiger partial charge in [0.05, 0.1) is 0 Å². The first-order valence-electron chi connectivity index (χ1n) is 8.79. The second-order valence-corrected chi connectivity index (χ2v) is 7.06. The first kappa shape index (κ1) is 19.1. The molecule has 0 aromatic heterocycles. The van der Waals surface area contributed by atoms with Gasteiger partial charge in [0.15, 0.2) is 0 Å². The Hall–Kier alpha value is -1.24. The van der Waals surface area contributed by atoms with Gasteiger partial charge in [-0.05, 0) is 37.5 Å². The highest BCUT2D eigenvalue weighted by atomic mass is 32.2. The summed E-state index contributed by atoms with van der Waals surface area (Å²) in [7, 11) is 0. The van der Waals surface area contributed by atoms with Crippen molar-refractivity contribution in [2.45, 2.75) is 19.8 Å². The van der Waals surface area contributed by atoms with Crippen LogP contribution in [0.2, 0.25) is 0 Å². The summed E-state index contributed by atoms with van der Waals surface area (Å²) in [6.45, 7) is 7.51. The van der Waals surface area contributed by atoms with E-state index in [2.05, 4.69) is 27.7 Å². The molecule has 5 nitrogen and oxygen atoms in total. The number of nitrogens with one attached hydrogen (secondary N) is 2. The van der Waals surface area contributed by atoms with Crippen LogP contribution in [0, 0.1) is 0 Å². The lowest BCUT2D eigenvalue weighted by molar-refractivity contribution is 0.145. The number of rotatable bonds is 9. The molecule has 2 amide bonds. The largest absolute Gasteiger partial charge is 0.382 e. The Morgan fingerprint density at radius 2 is 2.00 bits per heavy atom. The second-order valence-electron chi connectivity index (χ2n) is 5.83. The SMILES string of the molecule is CCOCCCNC(=O)Nc1ccc(CCN2CCSCC2)cc1. The minimum atomic E-state index is -0.162. The molecule has 24 heavy (non-hydrogen) atoms. The Morgan fingerprint density at radius 3 is 2.71 bits per heavy atom. The average Bonchev–Trinajstić information content (AvgIpc) is 2.62. The van der Waals surface area contributed by atoms with Crippen molar-refractivity contribution in [3.05, 3.63) is 29.8 Å². The lowest BCUT2D eigenvalue weighted by Gasteiger charge is -2.26. The molecule has 2 rings (SSSR count).